The first kappa shape index (κ1) is 11.6. The van der Waals surface area contributed by atoms with Gasteiger partial charge in [0.1, 0.15) is 5.82 Å². The molecule has 0 bridgehead atoms. The van der Waals surface area contributed by atoms with Crippen LogP contribution in [0, 0.1) is 0 Å². The monoisotopic (exact) mass is 232 g/mol. The minimum atomic E-state index is 0.141. The number of hydrogen-bond acceptors (Lipinski definition) is 4. The summed E-state index contributed by atoms with van der Waals surface area (Å²) in [4.78, 5) is 8.14. The highest BCUT2D eigenvalue weighted by Crippen LogP contribution is 2.20. The maximum absolute atomic E-state index is 5.68. The van der Waals surface area contributed by atoms with Crippen LogP contribution < -0.4 is 5.73 Å². The zero-order chi connectivity index (χ0) is 12.3. The number of pyridine rings is 1. The van der Waals surface area contributed by atoms with Gasteiger partial charge in [0.05, 0.1) is 30.9 Å². The predicted molar refractivity (Wildman–Crippen MR) is 66.3 cm³/mol. The Kier molecular flexibility index (Phi) is 3.39. The van der Waals surface area contributed by atoms with E-state index < -0.39 is 0 Å². The summed E-state index contributed by atoms with van der Waals surface area (Å²) >= 11 is 0. The lowest BCUT2D eigenvalue weighted by Crippen LogP contribution is -2.14. The molecule has 0 saturated heterocycles. The van der Waals surface area contributed by atoms with Crippen molar-refractivity contribution in [1.82, 2.24) is 14.5 Å². The molecule has 0 aromatic carbocycles. The van der Waals surface area contributed by atoms with Crippen molar-refractivity contribution >= 4 is 5.82 Å². The largest absolute Gasteiger partial charge is 0.384 e. The topological polar surface area (TPSA) is 66.0 Å². The van der Waals surface area contributed by atoms with Crippen molar-refractivity contribution in [2.24, 2.45) is 0 Å². The molecule has 5 heteroatoms. The highest BCUT2D eigenvalue weighted by atomic mass is 16.5. The van der Waals surface area contributed by atoms with Crippen LogP contribution in [0.25, 0.3) is 11.3 Å². The number of aromatic nitrogens is 3. The minimum absolute atomic E-state index is 0.141. The highest BCUT2D eigenvalue weighted by Gasteiger charge is 2.08. The van der Waals surface area contributed by atoms with Crippen LogP contribution >= 0.6 is 0 Å². The molecule has 2 N–H and O–H groups in total. The van der Waals surface area contributed by atoms with Crippen LogP contribution in [0.15, 0.2) is 30.9 Å². The number of imidazole rings is 1. The number of ether oxygens (including phenoxy) is 1. The molecule has 2 aromatic rings. The summed E-state index contributed by atoms with van der Waals surface area (Å²) in [6.07, 6.45) is 5.45. The Hall–Kier alpha value is -1.88. The first-order valence-corrected chi connectivity index (χ1v) is 5.45. The third-order valence-electron chi connectivity index (χ3n) is 2.65. The van der Waals surface area contributed by atoms with Gasteiger partial charge < -0.3 is 15.0 Å². The lowest BCUT2D eigenvalue weighted by molar-refractivity contribution is 0.103. The fourth-order valence-electron chi connectivity index (χ4n) is 1.67. The first-order valence-electron chi connectivity index (χ1n) is 5.45. The fourth-order valence-corrected chi connectivity index (χ4v) is 1.67. The molecule has 2 aromatic heterocycles. The van der Waals surface area contributed by atoms with Gasteiger partial charge in [-0.2, -0.15) is 0 Å². The molecule has 0 aliphatic carbocycles. The van der Waals surface area contributed by atoms with Crippen molar-refractivity contribution < 1.29 is 4.74 Å². The van der Waals surface area contributed by atoms with Gasteiger partial charge in [-0.1, -0.05) is 0 Å². The number of hydrogen-bond donors (Lipinski definition) is 1. The van der Waals surface area contributed by atoms with Gasteiger partial charge in [-0.25, -0.2) is 9.97 Å². The molecule has 0 aliphatic rings. The molecular weight excluding hydrogens is 216 g/mol. The smallest absolute Gasteiger partial charge is 0.123 e. The molecule has 0 aliphatic heterocycles. The maximum Gasteiger partial charge on any atom is 0.123 e. The Balaban J connectivity index is 2.30. The number of nitrogens with zero attached hydrogens (tertiary/aromatic N) is 3. The van der Waals surface area contributed by atoms with E-state index in [1.807, 2.05) is 29.8 Å². The number of nitrogens with two attached hydrogens (primary N) is 1. The van der Waals surface area contributed by atoms with Gasteiger partial charge in [0, 0.05) is 18.9 Å². The van der Waals surface area contributed by atoms with Gasteiger partial charge >= 0.3 is 0 Å². The van der Waals surface area contributed by atoms with Crippen molar-refractivity contribution in [3.05, 3.63) is 30.9 Å². The van der Waals surface area contributed by atoms with E-state index in [2.05, 4.69) is 9.97 Å². The average molecular weight is 232 g/mol. The van der Waals surface area contributed by atoms with Gasteiger partial charge in [-0.3, -0.25) is 0 Å². The lowest BCUT2D eigenvalue weighted by Gasteiger charge is -2.13. The van der Waals surface area contributed by atoms with Crippen molar-refractivity contribution in [3.8, 4) is 11.3 Å². The Morgan fingerprint density at radius 2 is 2.35 bits per heavy atom. The van der Waals surface area contributed by atoms with Crippen LogP contribution in [0.4, 0.5) is 5.82 Å². The predicted octanol–water partition coefficient (Wildman–Crippen LogP) is 1.56. The summed E-state index contributed by atoms with van der Waals surface area (Å²) in [5.74, 6) is 0.509. The molecule has 5 nitrogen and oxygen atoms in total. The highest BCUT2D eigenvalue weighted by molar-refractivity contribution is 5.61. The molecule has 0 spiro atoms. The summed E-state index contributed by atoms with van der Waals surface area (Å²) in [7, 11) is 1.70. The molecule has 1 atom stereocenters. The van der Waals surface area contributed by atoms with Gasteiger partial charge in [-0.15, -0.1) is 0 Å². The van der Waals surface area contributed by atoms with E-state index in [0.29, 0.717) is 5.82 Å². The zero-order valence-corrected chi connectivity index (χ0v) is 10.00. The second-order valence-electron chi connectivity index (χ2n) is 3.95. The molecule has 0 radical (unpaired) electrons. The van der Waals surface area contributed by atoms with E-state index in [9.17, 15) is 0 Å². The van der Waals surface area contributed by atoms with Crippen molar-refractivity contribution in [3.63, 3.8) is 0 Å². The Bertz CT molecular complexity index is 495. The molecular formula is C12H16N4O. The van der Waals surface area contributed by atoms with Crippen LogP contribution in [-0.2, 0) is 11.3 Å². The second-order valence-corrected chi connectivity index (χ2v) is 3.95. The van der Waals surface area contributed by atoms with Crippen molar-refractivity contribution in [2.75, 3.05) is 12.8 Å². The van der Waals surface area contributed by atoms with E-state index in [0.717, 1.165) is 17.8 Å². The second kappa shape index (κ2) is 4.97. The fraction of sp³-hybridized carbons (Fsp3) is 0.333. The molecule has 2 rings (SSSR count). The van der Waals surface area contributed by atoms with E-state index in [1.165, 1.54) is 0 Å². The number of methoxy groups -OCH3 is 1. The van der Waals surface area contributed by atoms with Gasteiger partial charge in [0.2, 0.25) is 0 Å². The third kappa shape index (κ3) is 2.62. The summed E-state index contributed by atoms with van der Waals surface area (Å²) in [5, 5.41) is 0. The molecule has 90 valence electrons. The van der Waals surface area contributed by atoms with Crippen LogP contribution in [-0.4, -0.2) is 27.7 Å². The summed E-state index contributed by atoms with van der Waals surface area (Å²) in [6, 6.07) is 3.76. The van der Waals surface area contributed by atoms with Crippen molar-refractivity contribution in [2.45, 2.75) is 19.6 Å². The van der Waals surface area contributed by atoms with E-state index in [1.54, 1.807) is 19.6 Å². The van der Waals surface area contributed by atoms with Crippen LogP contribution in [0.5, 0.6) is 0 Å². The molecule has 0 amide bonds. The molecule has 0 saturated carbocycles. The van der Waals surface area contributed by atoms with E-state index in [-0.39, 0.29) is 6.10 Å². The van der Waals surface area contributed by atoms with Crippen LogP contribution in [0.1, 0.15) is 6.92 Å². The zero-order valence-electron chi connectivity index (χ0n) is 10.00. The van der Waals surface area contributed by atoms with Gasteiger partial charge in [0.15, 0.2) is 0 Å². The lowest BCUT2D eigenvalue weighted by atomic mass is 10.2. The molecule has 0 fully saturated rings. The summed E-state index contributed by atoms with van der Waals surface area (Å²) in [5.41, 5.74) is 7.71. The Morgan fingerprint density at radius 1 is 1.53 bits per heavy atom. The molecule has 2 heterocycles. The maximum atomic E-state index is 5.68. The van der Waals surface area contributed by atoms with Gasteiger partial charge in [-0.05, 0) is 19.1 Å². The number of anilines is 1. The van der Waals surface area contributed by atoms with Crippen LogP contribution in [0.2, 0.25) is 0 Å². The minimum Gasteiger partial charge on any atom is -0.384 e. The quantitative estimate of drug-likeness (QED) is 0.868. The van der Waals surface area contributed by atoms with Crippen LogP contribution in [0.3, 0.4) is 0 Å². The van der Waals surface area contributed by atoms with E-state index >= 15 is 0 Å². The number of rotatable bonds is 4. The first-order chi connectivity index (χ1) is 8.20. The standard InChI is InChI=1S/C12H16N4O/c1-9(17-2)7-16-8-14-6-11(16)10-3-4-15-12(13)5-10/h3-6,8-9H,7H2,1-2H3,(H2,13,15). The third-order valence-corrected chi connectivity index (χ3v) is 2.65. The number of nitrogen functional groups attached to an aromatic ring is 1. The SMILES string of the molecule is COC(C)Cn1cncc1-c1ccnc(N)c1. The molecule has 17 heavy (non-hydrogen) atoms. The summed E-state index contributed by atoms with van der Waals surface area (Å²) in [6.45, 7) is 2.78. The summed E-state index contributed by atoms with van der Waals surface area (Å²) < 4.78 is 7.30. The van der Waals surface area contributed by atoms with Crippen molar-refractivity contribution in [1.29, 1.82) is 0 Å². The average Bonchev–Trinajstić information content (AvgIpc) is 2.77. The van der Waals surface area contributed by atoms with Gasteiger partial charge in [0.25, 0.3) is 0 Å². The normalized spacial score (nSPS) is 12.6. The Labute approximate surface area is 100 Å². The Morgan fingerprint density at radius 3 is 3.06 bits per heavy atom. The molecule has 1 unspecified atom stereocenters. The van der Waals surface area contributed by atoms with E-state index in [4.69, 9.17) is 10.5 Å².